The molecule has 2 aromatic carbocycles. The third-order valence-corrected chi connectivity index (χ3v) is 7.38. The molecule has 1 atom stereocenters. The molecule has 1 aliphatic rings. The zero-order chi connectivity index (χ0) is 19.6. The molecule has 1 heterocycles. The summed E-state index contributed by atoms with van der Waals surface area (Å²) in [6.45, 7) is 4.26. The van der Waals surface area contributed by atoms with Crippen molar-refractivity contribution in [2.45, 2.75) is 44.0 Å². The van der Waals surface area contributed by atoms with Crippen LogP contribution in [0, 0.1) is 6.92 Å². The molecule has 1 saturated heterocycles. The molecule has 1 N–H and O–H groups in total. The van der Waals surface area contributed by atoms with Gasteiger partial charge >= 0.3 is 0 Å². The maximum atomic E-state index is 13.0. The quantitative estimate of drug-likeness (QED) is 0.814. The van der Waals surface area contributed by atoms with Crippen LogP contribution in [0.2, 0.25) is 5.02 Å². The molecule has 0 bridgehead atoms. The van der Waals surface area contributed by atoms with Gasteiger partial charge in [0.25, 0.3) is 5.91 Å². The summed E-state index contributed by atoms with van der Waals surface area (Å²) >= 11 is 6.09. The van der Waals surface area contributed by atoms with E-state index in [2.05, 4.69) is 5.32 Å². The molecule has 27 heavy (non-hydrogen) atoms. The van der Waals surface area contributed by atoms with Gasteiger partial charge in [0, 0.05) is 28.9 Å². The zero-order valence-electron chi connectivity index (χ0n) is 15.4. The van der Waals surface area contributed by atoms with Gasteiger partial charge in [0.15, 0.2) is 0 Å². The third kappa shape index (κ3) is 4.18. The predicted octanol–water partition coefficient (Wildman–Crippen LogP) is 4.46. The maximum absolute atomic E-state index is 13.0. The summed E-state index contributed by atoms with van der Waals surface area (Å²) < 4.78 is 27.5. The van der Waals surface area contributed by atoms with Crippen LogP contribution >= 0.6 is 11.6 Å². The second-order valence-corrected chi connectivity index (χ2v) is 9.15. The highest BCUT2D eigenvalue weighted by Crippen LogP contribution is 2.26. The lowest BCUT2D eigenvalue weighted by molar-refractivity contribution is 0.102. The van der Waals surface area contributed by atoms with Gasteiger partial charge in [0.2, 0.25) is 10.0 Å². The Kier molecular flexibility index (Phi) is 5.89. The average molecular weight is 407 g/mol. The molecule has 0 saturated carbocycles. The second kappa shape index (κ2) is 8.00. The number of carbonyl (C=O) groups is 1. The molecule has 2 aromatic rings. The highest BCUT2D eigenvalue weighted by atomic mass is 35.5. The molecule has 0 radical (unpaired) electrons. The van der Waals surface area contributed by atoms with E-state index in [-0.39, 0.29) is 16.8 Å². The number of nitrogens with zero attached hydrogens (tertiary/aromatic N) is 1. The third-order valence-electron chi connectivity index (χ3n) is 4.96. The molecule has 144 valence electrons. The van der Waals surface area contributed by atoms with Crippen molar-refractivity contribution in [3.63, 3.8) is 0 Å². The van der Waals surface area contributed by atoms with Crippen molar-refractivity contribution in [1.29, 1.82) is 0 Å². The van der Waals surface area contributed by atoms with Crippen molar-refractivity contribution in [1.82, 2.24) is 4.31 Å². The Bertz CT molecular complexity index is 959. The van der Waals surface area contributed by atoms with E-state index in [1.54, 1.807) is 30.3 Å². The van der Waals surface area contributed by atoms with Crippen LogP contribution in [0.25, 0.3) is 0 Å². The second-order valence-electron chi connectivity index (χ2n) is 6.85. The van der Waals surface area contributed by atoms with E-state index in [1.807, 2.05) is 13.8 Å². The smallest absolute Gasteiger partial charge is 0.255 e. The molecule has 0 aromatic heterocycles. The lowest BCUT2D eigenvalue weighted by atomic mass is 10.1. The number of rotatable bonds is 4. The van der Waals surface area contributed by atoms with Crippen molar-refractivity contribution in [2.75, 3.05) is 11.9 Å². The van der Waals surface area contributed by atoms with E-state index in [1.165, 1.54) is 16.4 Å². The average Bonchev–Trinajstić information content (AvgIpc) is 2.65. The van der Waals surface area contributed by atoms with Gasteiger partial charge in [0.05, 0.1) is 4.90 Å². The Morgan fingerprint density at radius 3 is 2.67 bits per heavy atom. The number of hydrogen-bond acceptors (Lipinski definition) is 3. The fourth-order valence-electron chi connectivity index (χ4n) is 3.30. The van der Waals surface area contributed by atoms with Crippen molar-refractivity contribution >= 4 is 33.2 Å². The predicted molar refractivity (Wildman–Crippen MR) is 108 cm³/mol. The van der Waals surface area contributed by atoms with Crippen LogP contribution in [0.5, 0.6) is 0 Å². The number of anilines is 1. The Morgan fingerprint density at radius 2 is 1.93 bits per heavy atom. The van der Waals surface area contributed by atoms with Gasteiger partial charge in [-0.1, -0.05) is 30.2 Å². The summed E-state index contributed by atoms with van der Waals surface area (Å²) in [5, 5.41) is 3.36. The number of hydrogen-bond donors (Lipinski definition) is 1. The largest absolute Gasteiger partial charge is 0.322 e. The summed E-state index contributed by atoms with van der Waals surface area (Å²) in [6.07, 6.45) is 2.75. The summed E-state index contributed by atoms with van der Waals surface area (Å²) in [7, 11) is -3.62. The molecule has 1 aliphatic heterocycles. The van der Waals surface area contributed by atoms with E-state index >= 15 is 0 Å². The van der Waals surface area contributed by atoms with Gasteiger partial charge in [-0.25, -0.2) is 8.42 Å². The molecule has 1 fully saturated rings. The Morgan fingerprint density at radius 1 is 1.19 bits per heavy atom. The SMILES string of the molecule is Cc1c(Cl)cccc1NC(=O)c1cccc(S(=O)(=O)N2CCCC[C@@H]2C)c1. The molecule has 3 rings (SSSR count). The molecule has 0 unspecified atom stereocenters. The van der Waals surface area contributed by atoms with Crippen LogP contribution < -0.4 is 5.32 Å². The van der Waals surface area contributed by atoms with E-state index in [0.717, 1.165) is 24.8 Å². The van der Waals surface area contributed by atoms with Crippen LogP contribution in [0.1, 0.15) is 42.1 Å². The van der Waals surface area contributed by atoms with Crippen LogP contribution in [0.15, 0.2) is 47.4 Å². The minimum atomic E-state index is -3.62. The monoisotopic (exact) mass is 406 g/mol. The van der Waals surface area contributed by atoms with Crippen LogP contribution in [-0.4, -0.2) is 31.2 Å². The Hall–Kier alpha value is -1.89. The lowest BCUT2D eigenvalue weighted by Crippen LogP contribution is -2.41. The van der Waals surface area contributed by atoms with Crippen LogP contribution in [-0.2, 0) is 10.0 Å². The highest BCUT2D eigenvalue weighted by Gasteiger charge is 2.31. The Balaban J connectivity index is 1.86. The minimum absolute atomic E-state index is 0.0321. The van der Waals surface area contributed by atoms with Gasteiger partial charge < -0.3 is 5.32 Å². The summed E-state index contributed by atoms with van der Waals surface area (Å²) in [4.78, 5) is 12.8. The first-order valence-electron chi connectivity index (χ1n) is 8.99. The highest BCUT2D eigenvalue weighted by molar-refractivity contribution is 7.89. The van der Waals surface area contributed by atoms with E-state index in [4.69, 9.17) is 11.6 Å². The number of amides is 1. The molecular weight excluding hydrogens is 384 g/mol. The molecule has 0 spiro atoms. The molecule has 5 nitrogen and oxygen atoms in total. The first-order chi connectivity index (χ1) is 12.8. The van der Waals surface area contributed by atoms with Crippen molar-refractivity contribution in [3.8, 4) is 0 Å². The summed E-state index contributed by atoms with van der Waals surface area (Å²) in [5.74, 6) is -0.371. The van der Waals surface area contributed by atoms with Crippen molar-refractivity contribution < 1.29 is 13.2 Å². The fraction of sp³-hybridized carbons (Fsp3) is 0.350. The van der Waals surface area contributed by atoms with E-state index < -0.39 is 10.0 Å². The summed E-state index contributed by atoms with van der Waals surface area (Å²) in [6, 6.07) is 11.4. The first-order valence-corrected chi connectivity index (χ1v) is 10.8. The molecule has 1 amide bonds. The van der Waals surface area contributed by atoms with Crippen LogP contribution in [0.3, 0.4) is 0 Å². The van der Waals surface area contributed by atoms with Crippen molar-refractivity contribution in [2.24, 2.45) is 0 Å². The number of sulfonamides is 1. The zero-order valence-corrected chi connectivity index (χ0v) is 17.0. The van der Waals surface area contributed by atoms with E-state index in [9.17, 15) is 13.2 Å². The van der Waals surface area contributed by atoms with Gasteiger partial charge in [-0.15, -0.1) is 0 Å². The number of piperidine rings is 1. The molecule has 0 aliphatic carbocycles. The number of halogens is 1. The number of nitrogens with one attached hydrogen (secondary N) is 1. The van der Waals surface area contributed by atoms with Crippen LogP contribution in [0.4, 0.5) is 5.69 Å². The van der Waals surface area contributed by atoms with Gasteiger partial charge in [0.1, 0.15) is 0 Å². The Labute approximate surface area is 165 Å². The fourth-order valence-corrected chi connectivity index (χ4v) is 5.22. The van der Waals surface area contributed by atoms with Gasteiger partial charge in [-0.05, 0) is 62.6 Å². The standard InChI is InChI=1S/C20H23ClN2O3S/c1-14-7-3-4-12-23(14)27(25,26)17-9-5-8-16(13-17)20(24)22-19-11-6-10-18(21)15(19)2/h5-6,8-11,13-14H,3-4,7,12H2,1-2H3,(H,22,24)/t14-/m0/s1. The first kappa shape index (κ1) is 19.9. The van der Waals surface area contributed by atoms with Crippen molar-refractivity contribution in [3.05, 3.63) is 58.6 Å². The van der Waals surface area contributed by atoms with E-state index in [0.29, 0.717) is 22.8 Å². The molecule has 7 heteroatoms. The topological polar surface area (TPSA) is 66.5 Å². The lowest BCUT2D eigenvalue weighted by Gasteiger charge is -2.32. The summed E-state index contributed by atoms with van der Waals surface area (Å²) in [5.41, 5.74) is 1.66. The minimum Gasteiger partial charge on any atom is -0.322 e. The van der Waals surface area contributed by atoms with Gasteiger partial charge in [-0.2, -0.15) is 4.31 Å². The number of benzene rings is 2. The number of carbonyl (C=O) groups excluding carboxylic acids is 1. The van der Waals surface area contributed by atoms with Gasteiger partial charge in [-0.3, -0.25) is 4.79 Å². The molecular formula is C20H23ClN2O3S. The normalized spacial score (nSPS) is 18.3. The maximum Gasteiger partial charge on any atom is 0.255 e.